The maximum absolute atomic E-state index is 9.09. The molecule has 4 heteroatoms. The number of rotatable bonds is 5. The highest BCUT2D eigenvalue weighted by Crippen LogP contribution is 2.23. The second kappa shape index (κ2) is 6.95. The molecule has 0 spiro atoms. The minimum Gasteiger partial charge on any atom is -0.384 e. The van der Waals surface area contributed by atoms with E-state index in [0.29, 0.717) is 17.1 Å². The Labute approximate surface area is 124 Å². The molecule has 0 saturated heterocycles. The van der Waals surface area contributed by atoms with Crippen LogP contribution >= 0.6 is 11.6 Å². The molecule has 0 aliphatic rings. The number of anilines is 1. The lowest BCUT2D eigenvalue weighted by Crippen LogP contribution is -2.15. The van der Waals surface area contributed by atoms with Crippen LogP contribution in [0.1, 0.15) is 23.6 Å². The lowest BCUT2D eigenvalue weighted by molar-refractivity contribution is 0.675. The van der Waals surface area contributed by atoms with Crippen LogP contribution in [0.4, 0.5) is 5.69 Å². The van der Waals surface area contributed by atoms with Gasteiger partial charge in [-0.2, -0.15) is 5.26 Å². The number of nitriles is 1. The zero-order chi connectivity index (χ0) is 14.4. The maximum Gasteiger partial charge on any atom is 0.103 e. The Kier molecular flexibility index (Phi) is 5.00. The largest absolute Gasteiger partial charge is 0.384 e. The van der Waals surface area contributed by atoms with Gasteiger partial charge in [0.2, 0.25) is 0 Å². The van der Waals surface area contributed by atoms with Crippen molar-refractivity contribution in [2.45, 2.75) is 12.5 Å². The van der Waals surface area contributed by atoms with Gasteiger partial charge >= 0.3 is 0 Å². The van der Waals surface area contributed by atoms with Gasteiger partial charge in [-0.3, -0.25) is 0 Å². The van der Waals surface area contributed by atoms with Crippen molar-refractivity contribution in [1.29, 1.82) is 5.26 Å². The maximum atomic E-state index is 9.09. The Bertz CT molecular complexity index is 605. The highest BCUT2D eigenvalue weighted by Gasteiger charge is 2.08. The summed E-state index contributed by atoms with van der Waals surface area (Å²) in [6.45, 7) is 0.686. The van der Waals surface area contributed by atoms with Gasteiger partial charge < -0.3 is 11.1 Å². The highest BCUT2D eigenvalue weighted by atomic mass is 35.5. The first kappa shape index (κ1) is 14.4. The molecule has 2 aromatic rings. The van der Waals surface area contributed by atoms with Gasteiger partial charge in [-0.05, 0) is 24.1 Å². The van der Waals surface area contributed by atoms with E-state index in [9.17, 15) is 0 Å². The second-order valence-corrected chi connectivity index (χ2v) is 4.91. The minimum atomic E-state index is -0.0200. The average molecular weight is 286 g/mol. The van der Waals surface area contributed by atoms with Gasteiger partial charge in [-0.15, -0.1) is 0 Å². The van der Waals surface area contributed by atoms with E-state index in [1.165, 1.54) is 0 Å². The van der Waals surface area contributed by atoms with E-state index < -0.39 is 0 Å². The Morgan fingerprint density at radius 2 is 1.90 bits per heavy atom. The van der Waals surface area contributed by atoms with Crippen molar-refractivity contribution in [2.75, 3.05) is 11.9 Å². The number of nitrogens with one attached hydrogen (secondary N) is 1. The summed E-state index contributed by atoms with van der Waals surface area (Å²) in [5.74, 6) is 0. The highest BCUT2D eigenvalue weighted by molar-refractivity contribution is 6.32. The van der Waals surface area contributed by atoms with Crippen LogP contribution in [-0.4, -0.2) is 6.54 Å². The van der Waals surface area contributed by atoms with E-state index in [1.807, 2.05) is 42.5 Å². The van der Waals surface area contributed by atoms with Crippen LogP contribution in [0, 0.1) is 11.3 Å². The SMILES string of the molecule is N#Cc1c(Cl)cccc1NCCC(N)c1ccccc1. The van der Waals surface area contributed by atoms with Crippen molar-refractivity contribution in [2.24, 2.45) is 5.73 Å². The fourth-order valence-corrected chi connectivity index (χ4v) is 2.23. The summed E-state index contributed by atoms with van der Waals surface area (Å²) in [6.07, 6.45) is 0.779. The average Bonchev–Trinajstić information content (AvgIpc) is 2.48. The van der Waals surface area contributed by atoms with Crippen molar-refractivity contribution in [3.05, 3.63) is 64.7 Å². The lowest BCUT2D eigenvalue weighted by atomic mass is 10.0. The van der Waals surface area contributed by atoms with Crippen molar-refractivity contribution < 1.29 is 0 Å². The quantitative estimate of drug-likeness (QED) is 0.880. The molecule has 0 radical (unpaired) electrons. The summed E-state index contributed by atoms with van der Waals surface area (Å²) >= 11 is 5.98. The van der Waals surface area contributed by atoms with Crippen LogP contribution in [0.5, 0.6) is 0 Å². The van der Waals surface area contributed by atoms with Crippen LogP contribution in [-0.2, 0) is 0 Å². The van der Waals surface area contributed by atoms with Crippen molar-refractivity contribution in [1.82, 2.24) is 0 Å². The summed E-state index contributed by atoms with van der Waals surface area (Å²) in [7, 11) is 0. The number of nitrogens with two attached hydrogens (primary N) is 1. The van der Waals surface area contributed by atoms with Gasteiger partial charge in [-0.25, -0.2) is 0 Å². The van der Waals surface area contributed by atoms with Crippen LogP contribution in [0.2, 0.25) is 5.02 Å². The van der Waals surface area contributed by atoms with Crippen molar-refractivity contribution in [3.8, 4) is 6.07 Å². The molecule has 3 N–H and O–H groups in total. The van der Waals surface area contributed by atoms with E-state index in [0.717, 1.165) is 17.7 Å². The van der Waals surface area contributed by atoms with E-state index in [2.05, 4.69) is 11.4 Å². The van der Waals surface area contributed by atoms with Gasteiger partial charge in [0, 0.05) is 12.6 Å². The van der Waals surface area contributed by atoms with Crippen LogP contribution in [0.15, 0.2) is 48.5 Å². The van der Waals surface area contributed by atoms with Gasteiger partial charge in [0.25, 0.3) is 0 Å². The minimum absolute atomic E-state index is 0.0200. The summed E-state index contributed by atoms with van der Waals surface area (Å²) in [5, 5.41) is 12.8. The van der Waals surface area contributed by atoms with Gasteiger partial charge in [0.1, 0.15) is 6.07 Å². The molecule has 0 aliphatic carbocycles. The zero-order valence-corrected chi connectivity index (χ0v) is 11.8. The Hall–Kier alpha value is -2.02. The molecule has 0 amide bonds. The fraction of sp³-hybridized carbons (Fsp3) is 0.188. The first-order valence-electron chi connectivity index (χ1n) is 6.45. The molecule has 1 unspecified atom stereocenters. The molecule has 2 aromatic carbocycles. The van der Waals surface area contributed by atoms with Gasteiger partial charge in [0.15, 0.2) is 0 Å². The van der Waals surface area contributed by atoms with Crippen LogP contribution in [0.3, 0.4) is 0 Å². The third kappa shape index (κ3) is 3.51. The van der Waals surface area contributed by atoms with E-state index in [-0.39, 0.29) is 6.04 Å². The molecule has 20 heavy (non-hydrogen) atoms. The van der Waals surface area contributed by atoms with Crippen molar-refractivity contribution >= 4 is 17.3 Å². The second-order valence-electron chi connectivity index (χ2n) is 4.51. The number of hydrogen-bond acceptors (Lipinski definition) is 3. The smallest absolute Gasteiger partial charge is 0.103 e. The van der Waals surface area contributed by atoms with Gasteiger partial charge in [0.05, 0.1) is 16.3 Å². The number of halogens is 1. The molecule has 0 aromatic heterocycles. The molecule has 0 bridgehead atoms. The molecular formula is C16H16ClN3. The zero-order valence-electron chi connectivity index (χ0n) is 11.0. The third-order valence-electron chi connectivity index (χ3n) is 3.12. The summed E-state index contributed by atoms with van der Waals surface area (Å²) in [5.41, 5.74) is 8.47. The Balaban J connectivity index is 1.94. The van der Waals surface area contributed by atoms with Crippen LogP contribution < -0.4 is 11.1 Å². The summed E-state index contributed by atoms with van der Waals surface area (Å²) in [4.78, 5) is 0. The number of nitrogens with zero attached hydrogens (tertiary/aromatic N) is 1. The molecule has 3 nitrogen and oxygen atoms in total. The topological polar surface area (TPSA) is 61.8 Å². The molecule has 0 aliphatic heterocycles. The predicted molar refractivity (Wildman–Crippen MR) is 82.6 cm³/mol. The van der Waals surface area contributed by atoms with E-state index in [1.54, 1.807) is 6.07 Å². The number of benzene rings is 2. The first-order valence-corrected chi connectivity index (χ1v) is 6.83. The Morgan fingerprint density at radius 3 is 2.60 bits per heavy atom. The van der Waals surface area contributed by atoms with Crippen molar-refractivity contribution in [3.63, 3.8) is 0 Å². The predicted octanol–water partition coefficient (Wildman–Crippen LogP) is 3.71. The third-order valence-corrected chi connectivity index (χ3v) is 3.44. The fourth-order valence-electron chi connectivity index (χ4n) is 2.01. The molecular weight excluding hydrogens is 270 g/mol. The Morgan fingerprint density at radius 1 is 1.15 bits per heavy atom. The monoisotopic (exact) mass is 285 g/mol. The molecule has 1 atom stereocenters. The van der Waals surface area contributed by atoms with E-state index in [4.69, 9.17) is 22.6 Å². The summed E-state index contributed by atoms with van der Waals surface area (Å²) < 4.78 is 0. The molecule has 2 rings (SSSR count). The first-order chi connectivity index (χ1) is 9.72. The van der Waals surface area contributed by atoms with Gasteiger partial charge in [-0.1, -0.05) is 48.0 Å². The number of hydrogen-bond donors (Lipinski definition) is 2. The normalized spacial score (nSPS) is 11.7. The molecule has 0 fully saturated rings. The lowest BCUT2D eigenvalue weighted by Gasteiger charge is -2.14. The molecule has 0 heterocycles. The van der Waals surface area contributed by atoms with Crippen LogP contribution in [0.25, 0.3) is 0 Å². The molecule has 102 valence electrons. The molecule has 0 saturated carbocycles. The standard InChI is InChI=1S/C16H16ClN3/c17-14-7-4-8-16(13(14)11-18)20-10-9-15(19)12-5-2-1-3-6-12/h1-8,15,20H,9-10,19H2. The van der Waals surface area contributed by atoms with E-state index >= 15 is 0 Å². The summed E-state index contributed by atoms with van der Waals surface area (Å²) in [6, 6.07) is 17.4.